The van der Waals surface area contributed by atoms with E-state index in [1.54, 1.807) is 24.0 Å². The van der Waals surface area contributed by atoms with Crippen molar-refractivity contribution < 1.29 is 33.8 Å². The number of amides is 2. The van der Waals surface area contributed by atoms with Gasteiger partial charge in [0.2, 0.25) is 0 Å². The fourth-order valence-corrected chi connectivity index (χ4v) is 6.16. The maximum atomic E-state index is 13.1. The number of anilines is 2. The van der Waals surface area contributed by atoms with Gasteiger partial charge in [-0.15, -0.1) is 0 Å². The molecule has 0 saturated heterocycles. The summed E-state index contributed by atoms with van der Waals surface area (Å²) in [6, 6.07) is 21.4. The van der Waals surface area contributed by atoms with Crippen molar-refractivity contribution in [2.24, 2.45) is 0 Å². The second-order valence-electron chi connectivity index (χ2n) is 12.1. The summed E-state index contributed by atoms with van der Waals surface area (Å²) in [5, 5.41) is 22.8. The summed E-state index contributed by atoms with van der Waals surface area (Å²) in [4.78, 5) is 67.4. The van der Waals surface area contributed by atoms with E-state index >= 15 is 0 Å². The monoisotopic (exact) mass is 680 g/mol. The van der Waals surface area contributed by atoms with Crippen molar-refractivity contribution in [2.45, 2.75) is 59.7 Å². The first-order valence-corrected chi connectivity index (χ1v) is 15.6. The Morgan fingerprint density at radius 2 is 1.08 bits per heavy atom. The summed E-state index contributed by atoms with van der Waals surface area (Å²) in [6.07, 6.45) is 1.12. The van der Waals surface area contributed by atoms with E-state index in [2.05, 4.69) is 0 Å². The van der Waals surface area contributed by atoms with Gasteiger partial charge in [0.25, 0.3) is 23.2 Å². The van der Waals surface area contributed by atoms with E-state index in [0.717, 1.165) is 51.2 Å². The predicted molar refractivity (Wildman–Crippen MR) is 184 cm³/mol. The van der Waals surface area contributed by atoms with Crippen LogP contribution in [0.15, 0.2) is 72.8 Å². The maximum Gasteiger partial charge on any atom is 0.373 e. The van der Waals surface area contributed by atoms with Crippen LogP contribution >= 0.6 is 0 Å². The van der Waals surface area contributed by atoms with Crippen LogP contribution in [0.2, 0.25) is 0 Å². The molecule has 0 fully saturated rings. The third-order valence-corrected chi connectivity index (χ3v) is 8.93. The van der Waals surface area contributed by atoms with Crippen molar-refractivity contribution >= 4 is 40.7 Å². The third kappa shape index (κ3) is 7.34. The van der Waals surface area contributed by atoms with Gasteiger partial charge in [-0.05, 0) is 98.7 Å². The highest BCUT2D eigenvalue weighted by molar-refractivity contribution is 6.11. The summed E-state index contributed by atoms with van der Waals surface area (Å²) in [5.41, 5.74) is 6.90. The van der Waals surface area contributed by atoms with Crippen LogP contribution in [0.3, 0.4) is 0 Å². The number of fused-ring (bicyclic) bond motifs is 2. The standard InChI is InChI=1S/C18H18N2O4.C18H18N2O3.CO2/c1-11-8-14(16(20(22)23)9-12(11)2)18(21)19-15-7-5-4-6-13(15)10-17(19)24-3;1-11-8-15(17(20(22)23)9-12(11)2)18(21)19-13(3)10-14-6-4-5-7-16(14)19;2-1-3/h4-9,17H,10H2,1-3H3;4-9,13H,10H2,1-3H3;. The van der Waals surface area contributed by atoms with Gasteiger partial charge in [0.1, 0.15) is 17.4 Å². The van der Waals surface area contributed by atoms with Crippen LogP contribution in [0.1, 0.15) is 61.0 Å². The fraction of sp³-hybridized carbons (Fsp3) is 0.270. The number of ether oxygens (including phenoxy) is 1. The molecule has 13 heteroatoms. The lowest BCUT2D eigenvalue weighted by atomic mass is 10.0. The predicted octanol–water partition coefficient (Wildman–Crippen LogP) is 6.61. The lowest BCUT2D eigenvalue weighted by molar-refractivity contribution is -0.385. The highest BCUT2D eigenvalue weighted by Gasteiger charge is 2.37. The molecular formula is C37H36N4O9. The summed E-state index contributed by atoms with van der Waals surface area (Å²) in [7, 11) is 1.53. The van der Waals surface area contributed by atoms with Gasteiger partial charge >= 0.3 is 6.15 Å². The zero-order valence-electron chi connectivity index (χ0n) is 28.5. The zero-order valence-corrected chi connectivity index (χ0v) is 28.5. The van der Waals surface area contributed by atoms with Gasteiger partial charge in [-0.2, -0.15) is 9.59 Å². The van der Waals surface area contributed by atoms with E-state index in [4.69, 9.17) is 14.3 Å². The van der Waals surface area contributed by atoms with Gasteiger partial charge in [0.15, 0.2) is 0 Å². The molecule has 2 aliphatic rings. The molecule has 258 valence electrons. The average molecular weight is 681 g/mol. The van der Waals surface area contributed by atoms with E-state index in [9.17, 15) is 29.8 Å². The van der Waals surface area contributed by atoms with Gasteiger partial charge in [-0.1, -0.05) is 36.4 Å². The molecule has 2 atom stereocenters. The molecular weight excluding hydrogens is 644 g/mol. The molecule has 0 N–H and O–H groups in total. The van der Waals surface area contributed by atoms with Crippen LogP contribution in [-0.4, -0.2) is 47.2 Å². The van der Waals surface area contributed by atoms with Gasteiger partial charge in [0.05, 0.1) is 15.5 Å². The van der Waals surface area contributed by atoms with Crippen molar-refractivity contribution in [1.29, 1.82) is 0 Å². The van der Waals surface area contributed by atoms with E-state index in [1.807, 2.05) is 76.2 Å². The van der Waals surface area contributed by atoms with Crippen LogP contribution in [-0.2, 0) is 27.2 Å². The minimum Gasteiger partial charge on any atom is -0.361 e. The molecule has 0 aromatic heterocycles. The lowest BCUT2D eigenvalue weighted by Gasteiger charge is -2.24. The molecule has 13 nitrogen and oxygen atoms in total. The van der Waals surface area contributed by atoms with Crippen molar-refractivity contribution in [3.8, 4) is 0 Å². The van der Waals surface area contributed by atoms with Gasteiger partial charge < -0.3 is 9.64 Å². The minimum absolute atomic E-state index is 0.0129. The van der Waals surface area contributed by atoms with Crippen molar-refractivity contribution in [2.75, 3.05) is 16.9 Å². The Balaban J connectivity index is 0.000000209. The normalized spacial score (nSPS) is 15.4. The number of methoxy groups -OCH3 is 1. The summed E-state index contributed by atoms with van der Waals surface area (Å²) < 4.78 is 5.44. The van der Waals surface area contributed by atoms with Crippen LogP contribution in [0, 0.1) is 47.9 Å². The van der Waals surface area contributed by atoms with Crippen LogP contribution < -0.4 is 9.80 Å². The number of nitro benzene ring substituents is 2. The number of carbonyl (C=O) groups excluding carboxylic acids is 4. The number of carbonyl (C=O) groups is 2. The van der Waals surface area contributed by atoms with Crippen molar-refractivity contribution in [3.05, 3.63) is 138 Å². The molecule has 0 spiro atoms. The first-order valence-electron chi connectivity index (χ1n) is 15.6. The zero-order chi connectivity index (χ0) is 36.9. The number of nitro groups is 2. The van der Waals surface area contributed by atoms with E-state index in [-0.39, 0.29) is 40.6 Å². The molecule has 2 heterocycles. The lowest BCUT2D eigenvalue weighted by Crippen LogP contribution is -2.39. The molecule has 50 heavy (non-hydrogen) atoms. The molecule has 0 radical (unpaired) electrons. The number of benzene rings is 4. The number of para-hydroxylation sites is 2. The Bertz CT molecular complexity index is 2020. The highest BCUT2D eigenvalue weighted by atomic mass is 16.6. The Morgan fingerprint density at radius 3 is 1.52 bits per heavy atom. The Hall–Kier alpha value is -6.04. The van der Waals surface area contributed by atoms with Gasteiger partial charge in [-0.25, -0.2) is 0 Å². The van der Waals surface area contributed by atoms with Crippen molar-refractivity contribution in [3.63, 3.8) is 0 Å². The van der Waals surface area contributed by atoms with E-state index in [1.165, 1.54) is 24.1 Å². The first kappa shape index (κ1) is 36.8. The highest BCUT2D eigenvalue weighted by Crippen LogP contribution is 2.37. The van der Waals surface area contributed by atoms with E-state index < -0.39 is 22.0 Å². The molecule has 4 aromatic carbocycles. The third-order valence-electron chi connectivity index (χ3n) is 8.93. The quantitative estimate of drug-likeness (QED) is 0.166. The molecule has 4 aromatic rings. The fourth-order valence-electron chi connectivity index (χ4n) is 6.16. The Kier molecular flexibility index (Phi) is 11.4. The first-order chi connectivity index (χ1) is 23.7. The number of hydrogen-bond donors (Lipinski definition) is 0. The number of nitrogens with zero attached hydrogens (tertiary/aromatic N) is 4. The molecule has 2 aliphatic heterocycles. The average Bonchev–Trinajstić information content (AvgIpc) is 3.63. The van der Waals surface area contributed by atoms with Crippen LogP contribution in [0.5, 0.6) is 0 Å². The van der Waals surface area contributed by atoms with Gasteiger partial charge in [-0.3, -0.25) is 34.7 Å². The Morgan fingerprint density at radius 1 is 0.700 bits per heavy atom. The molecule has 0 saturated carbocycles. The number of aryl methyl sites for hydroxylation is 4. The topological polar surface area (TPSA) is 170 Å². The minimum atomic E-state index is -0.510. The second kappa shape index (κ2) is 15.5. The van der Waals surface area contributed by atoms with Crippen LogP contribution in [0.25, 0.3) is 0 Å². The number of hydrogen-bond acceptors (Lipinski definition) is 9. The van der Waals surface area contributed by atoms with Crippen molar-refractivity contribution in [1.82, 2.24) is 0 Å². The summed E-state index contributed by atoms with van der Waals surface area (Å²) in [6.45, 7) is 9.26. The van der Waals surface area contributed by atoms with E-state index in [0.29, 0.717) is 6.42 Å². The number of rotatable bonds is 5. The smallest absolute Gasteiger partial charge is 0.361 e. The summed E-state index contributed by atoms with van der Waals surface area (Å²) >= 11 is 0. The summed E-state index contributed by atoms with van der Waals surface area (Å²) in [5.74, 6) is -0.723. The molecule has 0 bridgehead atoms. The Labute approximate surface area is 288 Å². The molecule has 6 rings (SSSR count). The largest absolute Gasteiger partial charge is 0.373 e. The second-order valence-corrected chi connectivity index (χ2v) is 12.1. The maximum absolute atomic E-state index is 13.1. The molecule has 0 aliphatic carbocycles. The van der Waals surface area contributed by atoms with Crippen LogP contribution in [0.4, 0.5) is 22.7 Å². The SMILES string of the molecule is COC1Cc2ccccc2N1C(=O)c1cc(C)c(C)cc1[N+](=O)[O-].Cc1cc(C(=O)N2c3ccccc3CC2C)c([N+](=O)[O-])cc1C.O=C=O. The molecule has 2 amide bonds. The van der Waals surface area contributed by atoms with Gasteiger partial charge in [0, 0.05) is 37.4 Å². The molecule has 2 unspecified atom stereocenters.